The Morgan fingerprint density at radius 2 is 1.45 bits per heavy atom. The van der Waals surface area contributed by atoms with E-state index in [-0.39, 0.29) is 32.3 Å². The molecule has 2 amide bonds. The molecule has 3 aliphatic heterocycles. The number of hydrogen-bond donors (Lipinski definition) is 4. The number of carbonyl (C=O) groups excluding carboxylic acids is 3. The van der Waals surface area contributed by atoms with Crippen LogP contribution in [-0.2, 0) is 24.8 Å². The van der Waals surface area contributed by atoms with Crippen molar-refractivity contribution >= 4 is 60.8 Å². The molecule has 1 fully saturated rings. The summed E-state index contributed by atoms with van der Waals surface area (Å²) in [5.74, 6) is -1.07. The van der Waals surface area contributed by atoms with Gasteiger partial charge >= 0.3 is 0 Å². The second kappa shape index (κ2) is 9.98. The Balaban J connectivity index is 0.000000153. The molecule has 0 saturated carbocycles. The van der Waals surface area contributed by atoms with Gasteiger partial charge in [-0.2, -0.15) is 0 Å². The van der Waals surface area contributed by atoms with Gasteiger partial charge in [-0.15, -0.1) is 0 Å². The number of anilines is 2. The minimum atomic E-state index is -0.654. The van der Waals surface area contributed by atoms with Crippen LogP contribution in [0.2, 0.25) is 0 Å². The summed E-state index contributed by atoms with van der Waals surface area (Å²) in [6, 6.07) is 10.8. The molecule has 4 N–H and O–H groups in total. The highest BCUT2D eigenvalue weighted by Gasteiger charge is 2.51. The van der Waals surface area contributed by atoms with Gasteiger partial charge in [-0.25, -0.2) is 9.78 Å². The van der Waals surface area contributed by atoms with Crippen LogP contribution in [0.1, 0.15) is 15.9 Å². The van der Waals surface area contributed by atoms with Crippen LogP contribution in [0.15, 0.2) is 45.3 Å². The Bertz CT molecular complexity index is 1020. The molecule has 0 bridgehead atoms. The lowest BCUT2D eigenvalue weighted by molar-refractivity contribution is -0.248. The molecule has 3 aliphatic rings. The average Bonchev–Trinajstić information content (AvgIpc) is 3.43. The van der Waals surface area contributed by atoms with Crippen molar-refractivity contribution in [1.82, 2.24) is 0 Å². The van der Waals surface area contributed by atoms with Crippen molar-refractivity contribution in [3.8, 4) is 0 Å². The first kappa shape index (κ1) is 23.5. The highest BCUT2D eigenvalue weighted by Crippen LogP contribution is 2.42. The first-order valence-electron chi connectivity index (χ1n) is 9.05. The highest BCUT2D eigenvalue weighted by atomic mass is 79.9. The number of carbonyl (C=O) groups is 3. The molecule has 0 aliphatic carbocycles. The van der Waals surface area contributed by atoms with Crippen molar-refractivity contribution in [2.45, 2.75) is 5.41 Å². The fourth-order valence-electron chi connectivity index (χ4n) is 3.11. The van der Waals surface area contributed by atoms with Gasteiger partial charge < -0.3 is 20.8 Å². The number of hydrogen-bond acceptors (Lipinski definition) is 7. The van der Waals surface area contributed by atoms with E-state index in [1.807, 2.05) is 18.2 Å². The van der Waals surface area contributed by atoms with E-state index >= 15 is 0 Å². The molecule has 5 rings (SSSR count). The van der Waals surface area contributed by atoms with E-state index in [0.29, 0.717) is 11.3 Å². The lowest BCUT2D eigenvalue weighted by Gasteiger charge is -2.15. The number of rotatable bonds is 1. The molecule has 1 saturated heterocycles. The van der Waals surface area contributed by atoms with Crippen molar-refractivity contribution in [3.05, 3.63) is 56.5 Å². The third kappa shape index (κ3) is 4.86. The Kier molecular flexibility index (Phi) is 7.57. The van der Waals surface area contributed by atoms with Gasteiger partial charge in [-0.05, 0) is 42.0 Å². The topological polar surface area (TPSA) is 134 Å². The van der Waals surface area contributed by atoms with E-state index < -0.39 is 17.1 Å². The SMILES string of the molecule is O=C1Nc2ccc(Br)cc2C12COOC2.O=C1Nc2ccc(Br)cc2C1=O.OCCO. The summed E-state index contributed by atoms with van der Waals surface area (Å²) in [6.07, 6.45) is 0. The monoisotopic (exact) mass is 556 g/mol. The van der Waals surface area contributed by atoms with E-state index in [4.69, 9.17) is 20.0 Å². The van der Waals surface area contributed by atoms with Gasteiger partial charge in [0.25, 0.3) is 11.7 Å². The van der Waals surface area contributed by atoms with Crippen LogP contribution in [0.5, 0.6) is 0 Å². The second-order valence-corrected chi connectivity index (χ2v) is 8.50. The van der Waals surface area contributed by atoms with Crippen LogP contribution >= 0.6 is 31.9 Å². The predicted molar refractivity (Wildman–Crippen MR) is 118 cm³/mol. The number of aliphatic hydroxyl groups excluding tert-OH is 2. The average molecular weight is 558 g/mol. The van der Waals surface area contributed by atoms with E-state index in [2.05, 4.69) is 42.5 Å². The molecule has 164 valence electrons. The molecule has 11 heteroatoms. The molecule has 31 heavy (non-hydrogen) atoms. The van der Waals surface area contributed by atoms with Gasteiger partial charge in [0.15, 0.2) is 0 Å². The Labute approximate surface area is 193 Å². The van der Waals surface area contributed by atoms with Gasteiger partial charge in [0.05, 0.1) is 24.5 Å². The molecule has 0 unspecified atom stereocenters. The van der Waals surface area contributed by atoms with Crippen LogP contribution in [0.4, 0.5) is 11.4 Å². The fraction of sp³-hybridized carbons (Fsp3) is 0.250. The van der Waals surface area contributed by atoms with E-state index in [0.717, 1.165) is 20.2 Å². The van der Waals surface area contributed by atoms with Gasteiger partial charge in [0, 0.05) is 14.6 Å². The molecule has 0 aromatic heterocycles. The van der Waals surface area contributed by atoms with Crippen molar-refractivity contribution in [3.63, 3.8) is 0 Å². The number of benzene rings is 2. The number of Topliss-reactive ketones (excluding diaryl/α,β-unsaturated/α-hetero) is 1. The summed E-state index contributed by atoms with van der Waals surface area (Å²) >= 11 is 6.62. The van der Waals surface area contributed by atoms with Gasteiger partial charge in [-0.3, -0.25) is 14.4 Å². The summed E-state index contributed by atoms with van der Waals surface area (Å²) in [6.45, 7) is 0.310. The number of ketones is 1. The summed E-state index contributed by atoms with van der Waals surface area (Å²) in [7, 11) is 0. The summed E-state index contributed by atoms with van der Waals surface area (Å²) < 4.78 is 1.75. The summed E-state index contributed by atoms with van der Waals surface area (Å²) in [4.78, 5) is 43.6. The first-order valence-corrected chi connectivity index (χ1v) is 10.6. The molecule has 0 radical (unpaired) electrons. The quantitative estimate of drug-likeness (QED) is 0.312. The zero-order valence-corrected chi connectivity index (χ0v) is 19.2. The Hall–Kier alpha value is -2.15. The first-order chi connectivity index (χ1) is 14.8. The number of halogens is 2. The van der Waals surface area contributed by atoms with Crippen molar-refractivity contribution < 1.29 is 34.4 Å². The molecular formula is C20H18Br2N2O7. The molecular weight excluding hydrogens is 540 g/mol. The van der Waals surface area contributed by atoms with E-state index in [1.54, 1.807) is 18.2 Å². The van der Waals surface area contributed by atoms with Crippen molar-refractivity contribution in [2.24, 2.45) is 0 Å². The van der Waals surface area contributed by atoms with Crippen molar-refractivity contribution in [1.29, 1.82) is 0 Å². The Morgan fingerprint density at radius 1 is 0.871 bits per heavy atom. The van der Waals surface area contributed by atoms with Gasteiger partial charge in [0.1, 0.15) is 18.6 Å². The molecule has 1 spiro atoms. The molecule has 9 nitrogen and oxygen atoms in total. The number of nitrogens with one attached hydrogen (secondary N) is 2. The van der Waals surface area contributed by atoms with Gasteiger partial charge in [-0.1, -0.05) is 31.9 Å². The summed E-state index contributed by atoms with van der Waals surface area (Å²) in [5, 5.41) is 20.6. The zero-order valence-electron chi connectivity index (χ0n) is 16.0. The second-order valence-electron chi connectivity index (χ2n) is 6.67. The standard InChI is InChI=1S/C10H8BrNO3.C8H4BrNO2.C2H6O2/c11-6-1-2-8-7(3-6)10(9(13)12-8)4-14-15-5-10;9-4-1-2-6-5(3-4)7(11)8(12)10-6;3-1-2-4/h1-3H,4-5H2,(H,12,13);1-3H,(H,10,11,12);3-4H,1-2H2. The van der Waals surface area contributed by atoms with Crippen LogP contribution in [0, 0.1) is 0 Å². The third-order valence-electron chi connectivity index (χ3n) is 4.65. The number of aliphatic hydroxyl groups is 2. The maximum Gasteiger partial charge on any atom is 0.296 e. The van der Waals surface area contributed by atoms with Crippen LogP contribution < -0.4 is 10.6 Å². The van der Waals surface area contributed by atoms with Crippen LogP contribution in [-0.4, -0.2) is 54.2 Å². The van der Waals surface area contributed by atoms with E-state index in [9.17, 15) is 14.4 Å². The van der Waals surface area contributed by atoms with Crippen molar-refractivity contribution in [2.75, 3.05) is 37.1 Å². The molecule has 2 aromatic carbocycles. The minimum Gasteiger partial charge on any atom is -0.394 e. The van der Waals surface area contributed by atoms with Crippen LogP contribution in [0.25, 0.3) is 0 Å². The normalized spacial score (nSPS) is 17.1. The largest absolute Gasteiger partial charge is 0.394 e. The highest BCUT2D eigenvalue weighted by molar-refractivity contribution is 9.10. The molecule has 3 heterocycles. The minimum absolute atomic E-state index is 0.0481. The maximum atomic E-state index is 11.9. The smallest absolute Gasteiger partial charge is 0.296 e. The third-order valence-corrected chi connectivity index (χ3v) is 5.64. The van der Waals surface area contributed by atoms with Crippen LogP contribution in [0.3, 0.4) is 0 Å². The number of amides is 2. The lowest BCUT2D eigenvalue weighted by atomic mass is 9.84. The number of fused-ring (bicyclic) bond motifs is 3. The predicted octanol–water partition coefficient (Wildman–Crippen LogP) is 2.16. The molecule has 0 atom stereocenters. The Morgan fingerprint density at radius 3 is 2.06 bits per heavy atom. The van der Waals surface area contributed by atoms with Gasteiger partial charge in [0.2, 0.25) is 5.91 Å². The zero-order chi connectivity index (χ0) is 22.6. The lowest BCUT2D eigenvalue weighted by Crippen LogP contribution is -2.37. The fourth-order valence-corrected chi connectivity index (χ4v) is 3.84. The maximum absolute atomic E-state index is 11.9. The molecule has 2 aromatic rings. The van der Waals surface area contributed by atoms with E-state index in [1.165, 1.54) is 0 Å². The summed E-state index contributed by atoms with van der Waals surface area (Å²) in [5.41, 5.74) is 2.17.